The van der Waals surface area contributed by atoms with Crippen LogP contribution >= 0.6 is 0 Å². The molecule has 0 aliphatic carbocycles. The van der Waals surface area contributed by atoms with Gasteiger partial charge >= 0.3 is 0 Å². The van der Waals surface area contributed by atoms with Crippen molar-refractivity contribution in [1.29, 1.82) is 0 Å². The van der Waals surface area contributed by atoms with Gasteiger partial charge in [-0.1, -0.05) is 27.7 Å². The standard InChI is InChI=1S/C17H25N5O3/c1-9(2)8-12(15(23)21-13-6-7-18-22-13)20-16(24)14-11(5)19-17(25-14)10(3)4/h6-7,9-10,12H,8H2,1-5H3,(H,20,24)(H2,18,21,22,23). The molecule has 0 fully saturated rings. The van der Waals surface area contributed by atoms with Crippen LogP contribution in [-0.4, -0.2) is 33.0 Å². The van der Waals surface area contributed by atoms with Crippen LogP contribution in [0.4, 0.5) is 5.82 Å². The first-order valence-corrected chi connectivity index (χ1v) is 8.36. The summed E-state index contributed by atoms with van der Waals surface area (Å²) in [6, 6.07) is 0.949. The largest absolute Gasteiger partial charge is 0.435 e. The molecular weight excluding hydrogens is 322 g/mol. The fourth-order valence-electron chi connectivity index (χ4n) is 2.35. The predicted octanol–water partition coefficient (Wildman–Crippen LogP) is 2.61. The molecule has 0 spiro atoms. The van der Waals surface area contributed by atoms with Gasteiger partial charge in [-0.15, -0.1) is 0 Å². The summed E-state index contributed by atoms with van der Waals surface area (Å²) in [6.07, 6.45) is 2.03. The Kier molecular flexibility index (Phi) is 5.95. The summed E-state index contributed by atoms with van der Waals surface area (Å²) < 4.78 is 5.56. The van der Waals surface area contributed by atoms with Crippen LogP contribution in [0.3, 0.4) is 0 Å². The maximum atomic E-state index is 12.6. The molecule has 0 aliphatic rings. The molecule has 25 heavy (non-hydrogen) atoms. The monoisotopic (exact) mass is 347 g/mol. The molecule has 2 aromatic heterocycles. The number of nitrogens with one attached hydrogen (secondary N) is 3. The molecule has 0 radical (unpaired) electrons. The number of hydrogen-bond acceptors (Lipinski definition) is 5. The van der Waals surface area contributed by atoms with Crippen LogP contribution in [0, 0.1) is 12.8 Å². The predicted molar refractivity (Wildman–Crippen MR) is 93.3 cm³/mol. The molecule has 3 N–H and O–H groups in total. The molecule has 0 bridgehead atoms. The van der Waals surface area contributed by atoms with Gasteiger partial charge in [0.05, 0.1) is 11.9 Å². The lowest BCUT2D eigenvalue weighted by atomic mass is 10.0. The van der Waals surface area contributed by atoms with Gasteiger partial charge in [0.25, 0.3) is 5.91 Å². The number of oxazole rings is 1. The Morgan fingerprint density at radius 3 is 2.52 bits per heavy atom. The van der Waals surface area contributed by atoms with Crippen LogP contribution in [0.15, 0.2) is 16.7 Å². The Labute approximate surface area is 146 Å². The normalized spacial score (nSPS) is 12.4. The lowest BCUT2D eigenvalue weighted by Crippen LogP contribution is -2.44. The van der Waals surface area contributed by atoms with E-state index in [1.165, 1.54) is 6.20 Å². The number of nitrogens with zero attached hydrogens (tertiary/aromatic N) is 2. The minimum absolute atomic E-state index is 0.0791. The number of aromatic nitrogens is 3. The zero-order valence-electron chi connectivity index (χ0n) is 15.2. The van der Waals surface area contributed by atoms with E-state index in [-0.39, 0.29) is 23.5 Å². The van der Waals surface area contributed by atoms with Crippen molar-refractivity contribution in [2.24, 2.45) is 5.92 Å². The summed E-state index contributed by atoms with van der Waals surface area (Å²) in [5, 5.41) is 11.9. The van der Waals surface area contributed by atoms with E-state index in [1.807, 2.05) is 27.7 Å². The molecule has 1 unspecified atom stereocenters. The maximum absolute atomic E-state index is 12.6. The summed E-state index contributed by atoms with van der Waals surface area (Å²) >= 11 is 0. The first-order valence-electron chi connectivity index (χ1n) is 8.36. The van der Waals surface area contributed by atoms with E-state index in [1.54, 1.807) is 13.0 Å². The van der Waals surface area contributed by atoms with Crippen molar-refractivity contribution in [2.45, 2.75) is 53.0 Å². The van der Waals surface area contributed by atoms with Crippen molar-refractivity contribution in [2.75, 3.05) is 5.32 Å². The van der Waals surface area contributed by atoms with Crippen LogP contribution in [0.25, 0.3) is 0 Å². The SMILES string of the molecule is Cc1nc(C(C)C)oc1C(=O)NC(CC(C)C)C(=O)Nc1ccn[nH]1. The quantitative estimate of drug-likeness (QED) is 0.712. The number of amides is 2. The van der Waals surface area contributed by atoms with E-state index in [2.05, 4.69) is 25.8 Å². The second-order valence-electron chi connectivity index (χ2n) is 6.74. The van der Waals surface area contributed by atoms with E-state index in [9.17, 15) is 9.59 Å². The number of aryl methyl sites for hydroxylation is 1. The molecule has 8 nitrogen and oxygen atoms in total. The molecule has 0 aliphatic heterocycles. The van der Waals surface area contributed by atoms with Gasteiger partial charge in [-0.25, -0.2) is 4.98 Å². The molecule has 2 amide bonds. The van der Waals surface area contributed by atoms with Gasteiger partial charge in [0, 0.05) is 12.0 Å². The summed E-state index contributed by atoms with van der Waals surface area (Å²) in [4.78, 5) is 29.3. The lowest BCUT2D eigenvalue weighted by Gasteiger charge is -2.19. The molecule has 136 valence electrons. The molecular formula is C17H25N5O3. The molecule has 0 aromatic carbocycles. The third-order valence-electron chi connectivity index (χ3n) is 3.60. The van der Waals surface area contributed by atoms with Crippen molar-refractivity contribution < 1.29 is 14.0 Å². The topological polar surface area (TPSA) is 113 Å². The number of H-pyrrole nitrogens is 1. The zero-order chi connectivity index (χ0) is 18.6. The van der Waals surface area contributed by atoms with Crippen molar-refractivity contribution >= 4 is 17.6 Å². The fraction of sp³-hybridized carbons (Fsp3) is 0.529. The Morgan fingerprint density at radius 2 is 2.00 bits per heavy atom. The highest BCUT2D eigenvalue weighted by Crippen LogP contribution is 2.18. The Morgan fingerprint density at radius 1 is 1.28 bits per heavy atom. The first-order chi connectivity index (χ1) is 11.8. The molecule has 8 heteroatoms. The number of carbonyl (C=O) groups is 2. The van der Waals surface area contributed by atoms with E-state index < -0.39 is 11.9 Å². The number of carbonyl (C=O) groups excluding carboxylic acids is 2. The van der Waals surface area contributed by atoms with E-state index in [0.29, 0.717) is 23.8 Å². The van der Waals surface area contributed by atoms with E-state index in [4.69, 9.17) is 4.42 Å². The smallest absolute Gasteiger partial charge is 0.289 e. The summed E-state index contributed by atoms with van der Waals surface area (Å²) in [5.74, 6) is 0.674. The minimum atomic E-state index is -0.692. The third kappa shape index (κ3) is 4.91. The van der Waals surface area contributed by atoms with E-state index >= 15 is 0 Å². The third-order valence-corrected chi connectivity index (χ3v) is 3.60. The van der Waals surface area contributed by atoms with Gasteiger partial charge in [-0.3, -0.25) is 14.7 Å². The molecule has 0 saturated heterocycles. The Hall–Kier alpha value is -2.64. The second kappa shape index (κ2) is 7.96. The maximum Gasteiger partial charge on any atom is 0.289 e. The van der Waals surface area contributed by atoms with Crippen LogP contribution in [0.2, 0.25) is 0 Å². The molecule has 0 saturated carbocycles. The Bertz CT molecular complexity index is 719. The number of rotatable bonds is 7. The zero-order valence-corrected chi connectivity index (χ0v) is 15.2. The highest BCUT2D eigenvalue weighted by molar-refractivity contribution is 6.00. The van der Waals surface area contributed by atoms with Gasteiger partial charge in [-0.2, -0.15) is 5.10 Å². The van der Waals surface area contributed by atoms with Crippen LogP contribution < -0.4 is 10.6 Å². The van der Waals surface area contributed by atoms with Gasteiger partial charge in [0.1, 0.15) is 11.9 Å². The van der Waals surface area contributed by atoms with Crippen LogP contribution in [0.1, 0.15) is 62.2 Å². The van der Waals surface area contributed by atoms with Gasteiger partial charge in [0.15, 0.2) is 5.89 Å². The second-order valence-corrected chi connectivity index (χ2v) is 6.74. The van der Waals surface area contributed by atoms with Crippen molar-refractivity contribution in [3.8, 4) is 0 Å². The average molecular weight is 347 g/mol. The summed E-state index contributed by atoms with van der Waals surface area (Å²) in [7, 11) is 0. The summed E-state index contributed by atoms with van der Waals surface area (Å²) in [6.45, 7) is 9.56. The molecule has 2 aromatic rings. The van der Waals surface area contributed by atoms with Gasteiger partial charge in [-0.05, 0) is 19.3 Å². The molecule has 2 heterocycles. The fourth-order valence-corrected chi connectivity index (χ4v) is 2.35. The first kappa shape index (κ1) is 18.7. The number of aromatic amines is 1. The van der Waals surface area contributed by atoms with Gasteiger partial charge < -0.3 is 15.1 Å². The number of hydrogen-bond donors (Lipinski definition) is 3. The Balaban J connectivity index is 2.12. The van der Waals surface area contributed by atoms with Gasteiger partial charge in [0.2, 0.25) is 11.7 Å². The van der Waals surface area contributed by atoms with E-state index in [0.717, 1.165) is 0 Å². The molecule has 1 atom stereocenters. The lowest BCUT2D eigenvalue weighted by molar-refractivity contribution is -0.118. The van der Waals surface area contributed by atoms with Crippen molar-refractivity contribution in [3.63, 3.8) is 0 Å². The minimum Gasteiger partial charge on any atom is -0.435 e. The average Bonchev–Trinajstić information content (AvgIpc) is 3.15. The summed E-state index contributed by atoms with van der Waals surface area (Å²) in [5.41, 5.74) is 0.512. The molecule has 2 rings (SSSR count). The highest BCUT2D eigenvalue weighted by Gasteiger charge is 2.26. The van der Waals surface area contributed by atoms with Crippen LogP contribution in [-0.2, 0) is 4.79 Å². The van der Waals surface area contributed by atoms with Crippen molar-refractivity contribution in [1.82, 2.24) is 20.5 Å². The number of anilines is 1. The highest BCUT2D eigenvalue weighted by atomic mass is 16.4. The van der Waals surface area contributed by atoms with Crippen LogP contribution in [0.5, 0.6) is 0 Å². The van der Waals surface area contributed by atoms with Crippen molar-refractivity contribution in [3.05, 3.63) is 29.6 Å².